The minimum Gasteiger partial charge on any atom is -0.465 e. The lowest BCUT2D eigenvalue weighted by Crippen LogP contribution is -2.37. The van der Waals surface area contributed by atoms with Crippen LogP contribution in [-0.2, 0) is 23.6 Å². The lowest BCUT2D eigenvalue weighted by molar-refractivity contribution is -0.193. The number of hydrogen-bond donors (Lipinski definition) is 1. The van der Waals surface area contributed by atoms with Gasteiger partial charge in [0.15, 0.2) is 0 Å². The highest BCUT2D eigenvalue weighted by molar-refractivity contribution is 7.99. The second-order valence-corrected chi connectivity index (χ2v) is 12.2. The second kappa shape index (κ2) is 25.2. The van der Waals surface area contributed by atoms with Crippen LogP contribution in [0.25, 0.3) is 0 Å². The number of hydrogen-bond acceptors (Lipinski definition) is 7. The van der Waals surface area contributed by atoms with Crippen LogP contribution in [0.5, 0.6) is 0 Å². The van der Waals surface area contributed by atoms with Gasteiger partial charge in [-0.25, -0.2) is 4.79 Å². The van der Waals surface area contributed by atoms with Gasteiger partial charge in [0.2, 0.25) is 0 Å². The fourth-order valence-corrected chi connectivity index (χ4v) is 5.93. The van der Waals surface area contributed by atoms with Crippen LogP contribution in [-0.4, -0.2) is 54.0 Å². The smallest absolute Gasteiger partial charge is 0.373 e. The zero-order valence-electron chi connectivity index (χ0n) is 23.8. The number of carbonyl (C=O) groups excluding carboxylic acids is 1. The average molecular weight is 553 g/mol. The summed E-state index contributed by atoms with van der Waals surface area (Å²) in [4.78, 5) is 11.5. The molecule has 0 rings (SSSR count). The van der Waals surface area contributed by atoms with Gasteiger partial charge in [-0.1, -0.05) is 104 Å². The normalized spacial score (nSPS) is 15.2. The predicted octanol–water partition coefficient (Wildman–Crippen LogP) is 7.76. The van der Waals surface area contributed by atoms with Crippen LogP contribution < -0.4 is 0 Å². The minimum absolute atomic E-state index is 0.0847. The summed E-state index contributed by atoms with van der Waals surface area (Å²) in [7, 11) is -0.724. The molecule has 8 heteroatoms. The van der Waals surface area contributed by atoms with Crippen LogP contribution in [0.2, 0.25) is 0 Å². The molecule has 36 heavy (non-hydrogen) atoms. The van der Waals surface area contributed by atoms with Crippen molar-refractivity contribution in [2.24, 2.45) is 0 Å². The van der Waals surface area contributed by atoms with Crippen LogP contribution in [0, 0.1) is 0 Å². The molecule has 0 spiro atoms. The molecule has 0 bridgehead atoms. The molecule has 0 saturated heterocycles. The van der Waals surface area contributed by atoms with E-state index in [-0.39, 0.29) is 12.7 Å². The Morgan fingerprint density at radius 3 is 1.89 bits per heavy atom. The van der Waals surface area contributed by atoms with E-state index in [0.29, 0.717) is 18.3 Å². The molecule has 0 aliphatic heterocycles. The Kier molecular flexibility index (Phi) is 25.2. The van der Waals surface area contributed by atoms with Gasteiger partial charge in [0.05, 0.1) is 19.8 Å². The maximum atomic E-state index is 11.5. The molecule has 1 N–H and O–H groups in total. The molecule has 4 unspecified atom stereocenters. The molecule has 0 aromatic carbocycles. The number of esters is 1. The van der Waals surface area contributed by atoms with Gasteiger partial charge in [0, 0.05) is 11.9 Å². The van der Waals surface area contributed by atoms with E-state index in [0.717, 1.165) is 7.11 Å². The molecule has 0 heterocycles. The molecule has 0 amide bonds. The number of thioether (sulfide) groups is 1. The maximum absolute atomic E-state index is 11.5. The second-order valence-electron chi connectivity index (χ2n) is 9.88. The van der Waals surface area contributed by atoms with E-state index in [1.54, 1.807) is 0 Å². The minimum atomic E-state index is -2.33. The first-order valence-corrected chi connectivity index (χ1v) is 16.7. The van der Waals surface area contributed by atoms with Gasteiger partial charge in [-0.2, -0.15) is 11.8 Å². The van der Waals surface area contributed by atoms with Crippen LogP contribution in [0.3, 0.4) is 0 Å². The van der Waals surface area contributed by atoms with Gasteiger partial charge >= 0.3 is 11.5 Å². The van der Waals surface area contributed by atoms with Gasteiger partial charge in [-0.15, -0.1) is 0 Å². The van der Waals surface area contributed by atoms with Crippen molar-refractivity contribution in [3.63, 3.8) is 0 Å². The van der Waals surface area contributed by atoms with Crippen molar-refractivity contribution in [2.45, 2.75) is 147 Å². The Morgan fingerprint density at radius 2 is 1.36 bits per heavy atom. The highest BCUT2D eigenvalue weighted by Gasteiger charge is 2.37. The first-order chi connectivity index (χ1) is 17.4. The van der Waals surface area contributed by atoms with E-state index < -0.39 is 20.0 Å². The topological polar surface area (TPSA) is 82.1 Å². The predicted molar refractivity (Wildman–Crippen MR) is 155 cm³/mol. The third kappa shape index (κ3) is 19.1. The molecule has 4 atom stereocenters. The quantitative estimate of drug-likeness (QED) is 0.0483. The third-order valence-corrected chi connectivity index (χ3v) is 8.87. The van der Waals surface area contributed by atoms with E-state index in [2.05, 4.69) is 37.3 Å². The molecule has 0 aromatic rings. The Labute approximate surface area is 227 Å². The van der Waals surface area contributed by atoms with E-state index in [4.69, 9.17) is 9.47 Å². The standard InChI is InChI=1S/C28H57O6PS/c1-5-7-9-11-13-15-17-19-24-36-26(21-18-16-14-12-10-8-6-2)25(3)33-22-20-23-34-28(30,35-31)27(29)32-4/h25-26,30H,5-24,35H2,1-4H3. The van der Waals surface area contributed by atoms with Crippen molar-refractivity contribution in [3.05, 3.63) is 0 Å². The fraction of sp³-hybridized carbons (Fsp3) is 0.964. The largest absolute Gasteiger partial charge is 0.465 e. The Hall–Kier alpha value is -0.0700. The zero-order chi connectivity index (χ0) is 26.9. The van der Waals surface area contributed by atoms with E-state index >= 15 is 0 Å². The molecule has 0 radical (unpaired) electrons. The molecule has 0 aromatic heterocycles. The zero-order valence-corrected chi connectivity index (χ0v) is 25.7. The van der Waals surface area contributed by atoms with Gasteiger partial charge in [-0.05, 0) is 31.9 Å². The Balaban J connectivity index is 4.33. The van der Waals surface area contributed by atoms with Crippen molar-refractivity contribution in [2.75, 3.05) is 26.1 Å². The molecule has 216 valence electrons. The van der Waals surface area contributed by atoms with Gasteiger partial charge < -0.3 is 23.9 Å². The summed E-state index contributed by atoms with van der Waals surface area (Å²) in [5.74, 6) is 0.166. The first kappa shape index (κ1) is 35.9. The lowest BCUT2D eigenvalue weighted by Gasteiger charge is -2.25. The van der Waals surface area contributed by atoms with E-state index in [9.17, 15) is 14.5 Å². The van der Waals surface area contributed by atoms with Crippen LogP contribution in [0.1, 0.15) is 130 Å². The highest BCUT2D eigenvalue weighted by Crippen LogP contribution is 2.26. The van der Waals surface area contributed by atoms with Crippen molar-refractivity contribution >= 4 is 26.2 Å². The molecule has 0 saturated carbocycles. The van der Waals surface area contributed by atoms with Gasteiger partial charge in [-0.3, -0.25) is 0 Å². The summed E-state index contributed by atoms with van der Waals surface area (Å²) in [5.41, 5.74) is -2.33. The number of unbranched alkanes of at least 4 members (excludes halogenated alkanes) is 13. The Morgan fingerprint density at radius 1 is 0.833 bits per heavy atom. The summed E-state index contributed by atoms with van der Waals surface area (Å²) in [5, 5.41) is 10.4. The molecular formula is C28H57O6PS. The summed E-state index contributed by atoms with van der Waals surface area (Å²) in [6.07, 6.45) is 21.8. The van der Waals surface area contributed by atoms with E-state index in [1.807, 2.05) is 0 Å². The lowest BCUT2D eigenvalue weighted by atomic mass is 10.1. The summed E-state index contributed by atoms with van der Waals surface area (Å²) in [6.45, 7) is 7.23. The summed E-state index contributed by atoms with van der Waals surface area (Å²) >= 11 is 2.06. The third-order valence-electron chi connectivity index (χ3n) is 6.57. The SMILES string of the molecule is CCCCCCCCCCSC(CCCCCCCCC)C(C)OCCCOC(O)([PH2]=O)C(=O)OC. The molecule has 0 aliphatic rings. The number of methoxy groups -OCH3 is 1. The number of rotatable bonds is 27. The monoisotopic (exact) mass is 552 g/mol. The molecule has 6 nitrogen and oxygen atoms in total. The van der Waals surface area contributed by atoms with Crippen molar-refractivity contribution in [3.8, 4) is 0 Å². The molecule has 0 aliphatic carbocycles. The van der Waals surface area contributed by atoms with Crippen LogP contribution >= 0.6 is 20.2 Å². The average Bonchev–Trinajstić information content (AvgIpc) is 2.89. The fourth-order valence-electron chi connectivity index (χ4n) is 4.18. The van der Waals surface area contributed by atoms with Crippen molar-refractivity contribution in [1.29, 1.82) is 0 Å². The van der Waals surface area contributed by atoms with Crippen molar-refractivity contribution < 1.29 is 28.7 Å². The van der Waals surface area contributed by atoms with Gasteiger partial charge in [0.25, 0.3) is 0 Å². The number of aliphatic hydroxyl groups is 1. The molecule has 0 fully saturated rings. The molecular weight excluding hydrogens is 495 g/mol. The van der Waals surface area contributed by atoms with Crippen LogP contribution in [0.4, 0.5) is 0 Å². The Bertz CT molecular complexity index is 524. The maximum Gasteiger partial charge on any atom is 0.373 e. The number of ether oxygens (including phenoxy) is 3. The van der Waals surface area contributed by atoms with Gasteiger partial charge in [0.1, 0.15) is 8.46 Å². The highest BCUT2D eigenvalue weighted by atomic mass is 32.2. The summed E-state index contributed by atoms with van der Waals surface area (Å²) in [6, 6.07) is 0. The first-order valence-electron chi connectivity index (χ1n) is 14.6. The summed E-state index contributed by atoms with van der Waals surface area (Å²) < 4.78 is 26.9. The number of carbonyl (C=O) groups is 1. The van der Waals surface area contributed by atoms with Crippen molar-refractivity contribution in [1.82, 2.24) is 0 Å². The van der Waals surface area contributed by atoms with E-state index in [1.165, 1.54) is 108 Å². The van der Waals surface area contributed by atoms with Crippen LogP contribution in [0.15, 0.2) is 0 Å².